The summed E-state index contributed by atoms with van der Waals surface area (Å²) in [7, 11) is 0. The molecule has 19 heavy (non-hydrogen) atoms. The third kappa shape index (κ3) is 1.89. The van der Waals surface area contributed by atoms with Gasteiger partial charge in [0.15, 0.2) is 0 Å². The van der Waals surface area contributed by atoms with E-state index >= 15 is 0 Å². The Morgan fingerprint density at radius 1 is 0.895 bits per heavy atom. The summed E-state index contributed by atoms with van der Waals surface area (Å²) >= 11 is 6.86. The van der Waals surface area contributed by atoms with Crippen LogP contribution in [0.5, 0.6) is 0 Å². The van der Waals surface area contributed by atoms with E-state index in [-0.39, 0.29) is 5.38 Å². The summed E-state index contributed by atoms with van der Waals surface area (Å²) < 4.78 is 0. The molecule has 3 atom stereocenters. The molecular formula is C18H19Cl. The molecule has 2 saturated carbocycles. The van der Waals surface area contributed by atoms with Crippen LogP contribution in [0.1, 0.15) is 36.6 Å². The first-order valence-corrected chi connectivity index (χ1v) is 7.91. The summed E-state index contributed by atoms with van der Waals surface area (Å²) in [4.78, 5) is 0. The van der Waals surface area contributed by atoms with Gasteiger partial charge in [-0.1, -0.05) is 55.3 Å². The van der Waals surface area contributed by atoms with Crippen LogP contribution >= 0.6 is 11.6 Å². The Balaban J connectivity index is 1.71. The van der Waals surface area contributed by atoms with Crippen molar-refractivity contribution in [1.82, 2.24) is 0 Å². The average Bonchev–Trinajstić information content (AvgIpc) is 3.20. The van der Waals surface area contributed by atoms with E-state index in [4.69, 9.17) is 11.6 Å². The van der Waals surface area contributed by atoms with Crippen LogP contribution < -0.4 is 0 Å². The zero-order valence-electron chi connectivity index (χ0n) is 11.1. The summed E-state index contributed by atoms with van der Waals surface area (Å²) in [5, 5.41) is 2.86. The first-order chi connectivity index (χ1) is 9.36. The summed E-state index contributed by atoms with van der Waals surface area (Å²) in [6, 6.07) is 15.2. The maximum atomic E-state index is 6.86. The lowest BCUT2D eigenvalue weighted by atomic mass is 9.98. The van der Waals surface area contributed by atoms with Crippen LogP contribution in [0.3, 0.4) is 0 Å². The Labute approximate surface area is 119 Å². The first-order valence-electron chi connectivity index (χ1n) is 7.48. The van der Waals surface area contributed by atoms with Gasteiger partial charge in [0.25, 0.3) is 0 Å². The van der Waals surface area contributed by atoms with Crippen molar-refractivity contribution in [2.45, 2.75) is 31.1 Å². The second kappa shape index (κ2) is 4.52. The van der Waals surface area contributed by atoms with Gasteiger partial charge >= 0.3 is 0 Å². The topological polar surface area (TPSA) is 0 Å². The van der Waals surface area contributed by atoms with Crippen LogP contribution in [-0.2, 0) is 0 Å². The molecule has 2 aliphatic rings. The van der Waals surface area contributed by atoms with E-state index < -0.39 is 0 Å². The number of hydrogen-bond acceptors (Lipinski definition) is 0. The molecule has 0 N–H and O–H groups in total. The molecule has 4 rings (SSSR count). The zero-order chi connectivity index (χ0) is 12.8. The Morgan fingerprint density at radius 3 is 2.37 bits per heavy atom. The Morgan fingerprint density at radius 2 is 1.58 bits per heavy atom. The normalized spacial score (nSPS) is 30.9. The van der Waals surface area contributed by atoms with Gasteiger partial charge < -0.3 is 0 Å². The van der Waals surface area contributed by atoms with Crippen molar-refractivity contribution in [3.05, 3.63) is 48.0 Å². The minimum atomic E-state index is 0.208. The van der Waals surface area contributed by atoms with Crippen LogP contribution in [0.2, 0.25) is 0 Å². The Kier molecular flexibility index (Phi) is 2.81. The fourth-order valence-corrected chi connectivity index (χ4v) is 4.74. The van der Waals surface area contributed by atoms with Gasteiger partial charge in [-0.15, -0.1) is 11.6 Å². The second-order valence-electron chi connectivity index (χ2n) is 6.16. The van der Waals surface area contributed by atoms with Crippen LogP contribution in [0, 0.1) is 17.8 Å². The highest BCUT2D eigenvalue weighted by Gasteiger charge is 2.54. The molecule has 0 spiro atoms. The molecule has 0 radical (unpaired) electrons. The van der Waals surface area contributed by atoms with Gasteiger partial charge in [-0.2, -0.15) is 0 Å². The molecule has 0 bridgehead atoms. The second-order valence-corrected chi connectivity index (χ2v) is 6.63. The molecule has 0 amide bonds. The van der Waals surface area contributed by atoms with Gasteiger partial charge in [-0.3, -0.25) is 0 Å². The monoisotopic (exact) mass is 270 g/mol. The van der Waals surface area contributed by atoms with Crippen molar-refractivity contribution < 1.29 is 0 Å². The predicted octanol–water partition coefficient (Wildman–Crippen LogP) is 5.56. The average molecular weight is 271 g/mol. The van der Waals surface area contributed by atoms with Gasteiger partial charge in [0.05, 0.1) is 5.38 Å². The molecule has 2 aliphatic carbocycles. The van der Waals surface area contributed by atoms with E-state index in [1.54, 1.807) is 0 Å². The van der Waals surface area contributed by atoms with Crippen molar-refractivity contribution in [3.63, 3.8) is 0 Å². The van der Waals surface area contributed by atoms with E-state index in [0.717, 1.165) is 17.8 Å². The predicted molar refractivity (Wildman–Crippen MR) is 81.5 cm³/mol. The molecule has 0 nitrogen and oxygen atoms in total. The van der Waals surface area contributed by atoms with Gasteiger partial charge in [-0.25, -0.2) is 0 Å². The highest BCUT2D eigenvalue weighted by Crippen LogP contribution is 2.62. The highest BCUT2D eigenvalue weighted by atomic mass is 35.5. The van der Waals surface area contributed by atoms with Crippen molar-refractivity contribution in [2.75, 3.05) is 0 Å². The minimum Gasteiger partial charge on any atom is -0.117 e. The lowest BCUT2D eigenvalue weighted by Gasteiger charge is -2.13. The smallest absolute Gasteiger partial charge is 0.0624 e. The molecule has 0 aromatic heterocycles. The number of fused-ring (bicyclic) bond motifs is 2. The minimum absolute atomic E-state index is 0.208. The van der Waals surface area contributed by atoms with Crippen molar-refractivity contribution in [1.29, 1.82) is 0 Å². The number of benzene rings is 2. The summed E-state index contributed by atoms with van der Waals surface area (Å²) in [5.41, 5.74) is 1.35. The van der Waals surface area contributed by atoms with Crippen LogP contribution in [-0.4, -0.2) is 0 Å². The molecule has 1 heteroatoms. The van der Waals surface area contributed by atoms with Crippen LogP contribution in [0.4, 0.5) is 0 Å². The largest absolute Gasteiger partial charge is 0.117 e. The van der Waals surface area contributed by atoms with Gasteiger partial charge in [0.1, 0.15) is 0 Å². The zero-order valence-corrected chi connectivity index (χ0v) is 11.8. The maximum absolute atomic E-state index is 6.86. The quantitative estimate of drug-likeness (QED) is 0.627. The molecule has 0 aliphatic heterocycles. The SMILES string of the molecule is ClC(c1cccc2ccccc12)C1C2CCCCC21. The molecule has 2 aromatic carbocycles. The lowest BCUT2D eigenvalue weighted by Crippen LogP contribution is -1.97. The summed E-state index contributed by atoms with van der Waals surface area (Å²) in [5.74, 6) is 2.56. The Bertz CT molecular complexity index is 586. The van der Waals surface area contributed by atoms with Crippen molar-refractivity contribution >= 4 is 22.4 Å². The molecule has 2 fully saturated rings. The van der Waals surface area contributed by atoms with Gasteiger partial charge in [-0.05, 0) is 46.9 Å². The van der Waals surface area contributed by atoms with Crippen molar-refractivity contribution in [2.24, 2.45) is 17.8 Å². The maximum Gasteiger partial charge on any atom is 0.0624 e. The standard InChI is InChI=1S/C18H19Cl/c19-18(17-14-9-3-4-10-15(14)17)16-11-5-7-12-6-1-2-8-13(12)16/h1-2,5-8,11,14-15,17-18H,3-4,9-10H2. The number of rotatable bonds is 2. The number of alkyl halides is 1. The molecule has 2 aromatic rings. The molecule has 3 unspecified atom stereocenters. The first kappa shape index (κ1) is 11.8. The van der Waals surface area contributed by atoms with Crippen LogP contribution in [0.25, 0.3) is 10.8 Å². The molecule has 98 valence electrons. The van der Waals surface area contributed by atoms with E-state index in [9.17, 15) is 0 Å². The number of hydrogen-bond donors (Lipinski definition) is 0. The van der Waals surface area contributed by atoms with E-state index in [1.807, 2.05) is 0 Å². The van der Waals surface area contributed by atoms with Crippen molar-refractivity contribution in [3.8, 4) is 0 Å². The lowest BCUT2D eigenvalue weighted by molar-refractivity contribution is 0.480. The van der Waals surface area contributed by atoms with Gasteiger partial charge in [0, 0.05) is 0 Å². The molecule has 0 saturated heterocycles. The summed E-state index contributed by atoms with van der Waals surface area (Å²) in [6.45, 7) is 0. The fourth-order valence-electron chi connectivity index (χ4n) is 4.18. The molecule has 0 heterocycles. The van der Waals surface area contributed by atoms with E-state index in [2.05, 4.69) is 42.5 Å². The third-order valence-corrected chi connectivity index (χ3v) is 5.71. The van der Waals surface area contributed by atoms with E-state index in [1.165, 1.54) is 42.0 Å². The summed E-state index contributed by atoms with van der Waals surface area (Å²) in [6.07, 6.45) is 5.64. The third-order valence-electron chi connectivity index (χ3n) is 5.18. The number of halogens is 1. The fraction of sp³-hybridized carbons (Fsp3) is 0.444. The highest BCUT2D eigenvalue weighted by molar-refractivity contribution is 6.22. The van der Waals surface area contributed by atoms with E-state index in [0.29, 0.717) is 0 Å². The van der Waals surface area contributed by atoms with Gasteiger partial charge in [0.2, 0.25) is 0 Å². The molecular weight excluding hydrogens is 252 g/mol. The Hall–Kier alpha value is -1.01. The van der Waals surface area contributed by atoms with Crippen LogP contribution in [0.15, 0.2) is 42.5 Å².